The third kappa shape index (κ3) is 4.73. The molecule has 246 valence electrons. The van der Waals surface area contributed by atoms with Crippen molar-refractivity contribution in [1.29, 1.82) is 0 Å². The first kappa shape index (κ1) is 29.5. The second kappa shape index (κ2) is 11.7. The standard InChI is InChI=1S/C49H29N3O/c1-2-15-35-31(11-1)12-10-19-37(35)47-40-18-4-7-21-43(40)51-49(52-47)32-25-23-30(24-26-32)33-13-9-14-34(29-33)46-41-28-27-38-36-16-5-8-22-44(36)53-48(38)45(41)39-17-3-6-20-42(39)50-46/h1-29H. The number of hydrogen-bond acceptors (Lipinski definition) is 4. The van der Waals surface area contributed by atoms with Crippen molar-refractivity contribution in [2.24, 2.45) is 0 Å². The molecule has 0 aliphatic rings. The van der Waals surface area contributed by atoms with Crippen molar-refractivity contribution in [1.82, 2.24) is 15.0 Å². The van der Waals surface area contributed by atoms with Gasteiger partial charge in [0.15, 0.2) is 5.82 Å². The summed E-state index contributed by atoms with van der Waals surface area (Å²) in [7, 11) is 0. The average molecular weight is 676 g/mol. The molecule has 0 aliphatic heterocycles. The van der Waals surface area contributed by atoms with Gasteiger partial charge in [0.05, 0.1) is 22.4 Å². The summed E-state index contributed by atoms with van der Waals surface area (Å²) < 4.78 is 6.54. The van der Waals surface area contributed by atoms with Crippen LogP contribution in [0.25, 0.3) is 110 Å². The van der Waals surface area contributed by atoms with Crippen LogP contribution in [0.3, 0.4) is 0 Å². The molecule has 0 atom stereocenters. The molecule has 3 aromatic heterocycles. The monoisotopic (exact) mass is 675 g/mol. The molecule has 53 heavy (non-hydrogen) atoms. The summed E-state index contributed by atoms with van der Waals surface area (Å²) in [5.41, 5.74) is 10.9. The number of hydrogen-bond donors (Lipinski definition) is 0. The Labute approximate surface area is 304 Å². The highest BCUT2D eigenvalue weighted by molar-refractivity contribution is 6.24. The predicted octanol–water partition coefficient (Wildman–Crippen LogP) is 13.1. The van der Waals surface area contributed by atoms with Gasteiger partial charge in [0.1, 0.15) is 11.2 Å². The highest BCUT2D eigenvalue weighted by atomic mass is 16.3. The lowest BCUT2D eigenvalue weighted by Crippen LogP contribution is -1.96. The highest BCUT2D eigenvalue weighted by Gasteiger charge is 2.18. The van der Waals surface area contributed by atoms with Gasteiger partial charge in [-0.05, 0) is 52.2 Å². The summed E-state index contributed by atoms with van der Waals surface area (Å²) in [4.78, 5) is 15.5. The normalized spacial score (nSPS) is 11.8. The number of benzene rings is 8. The van der Waals surface area contributed by atoms with Crippen LogP contribution in [0.4, 0.5) is 0 Å². The van der Waals surface area contributed by atoms with Gasteiger partial charge in [0, 0.05) is 49.0 Å². The molecule has 0 spiro atoms. The summed E-state index contributed by atoms with van der Waals surface area (Å²) in [5, 5.41) is 8.89. The van der Waals surface area contributed by atoms with E-state index >= 15 is 0 Å². The molecule has 0 bridgehead atoms. The quantitative estimate of drug-likeness (QED) is 0.174. The Hall–Kier alpha value is -7.17. The fourth-order valence-corrected chi connectivity index (χ4v) is 7.94. The van der Waals surface area contributed by atoms with Crippen LogP contribution in [-0.4, -0.2) is 15.0 Å². The first-order valence-electron chi connectivity index (χ1n) is 17.9. The lowest BCUT2D eigenvalue weighted by atomic mass is 9.95. The summed E-state index contributed by atoms with van der Waals surface area (Å²) in [6, 6.07) is 61.4. The van der Waals surface area contributed by atoms with Gasteiger partial charge in [-0.3, -0.25) is 0 Å². The van der Waals surface area contributed by atoms with Crippen LogP contribution in [0.5, 0.6) is 0 Å². The van der Waals surface area contributed by atoms with Gasteiger partial charge in [0.25, 0.3) is 0 Å². The van der Waals surface area contributed by atoms with E-state index in [1.165, 1.54) is 10.8 Å². The topological polar surface area (TPSA) is 51.8 Å². The van der Waals surface area contributed by atoms with Gasteiger partial charge in [0.2, 0.25) is 0 Å². The average Bonchev–Trinajstić information content (AvgIpc) is 3.62. The molecule has 0 saturated heterocycles. The van der Waals surface area contributed by atoms with Gasteiger partial charge in [-0.1, -0.05) is 146 Å². The molecular formula is C49H29N3O. The third-order valence-electron chi connectivity index (χ3n) is 10.5. The fourth-order valence-electron chi connectivity index (χ4n) is 7.94. The number of para-hydroxylation sites is 3. The zero-order valence-corrected chi connectivity index (χ0v) is 28.5. The Morgan fingerprint density at radius 3 is 1.87 bits per heavy atom. The van der Waals surface area contributed by atoms with Crippen molar-refractivity contribution in [2.45, 2.75) is 0 Å². The van der Waals surface area contributed by atoms with Crippen molar-refractivity contribution in [3.8, 4) is 45.0 Å². The number of pyridine rings is 1. The minimum atomic E-state index is 0.704. The van der Waals surface area contributed by atoms with E-state index in [1.807, 2.05) is 24.3 Å². The van der Waals surface area contributed by atoms with E-state index in [9.17, 15) is 0 Å². The Morgan fingerprint density at radius 2 is 1.00 bits per heavy atom. The second-order valence-corrected chi connectivity index (χ2v) is 13.5. The maximum absolute atomic E-state index is 6.54. The largest absolute Gasteiger partial charge is 0.455 e. The molecule has 0 radical (unpaired) electrons. The van der Waals surface area contributed by atoms with E-state index in [-0.39, 0.29) is 0 Å². The minimum absolute atomic E-state index is 0.704. The van der Waals surface area contributed by atoms with Crippen molar-refractivity contribution in [3.63, 3.8) is 0 Å². The summed E-state index contributed by atoms with van der Waals surface area (Å²) >= 11 is 0. The molecule has 8 aromatic carbocycles. The maximum Gasteiger partial charge on any atom is 0.160 e. The van der Waals surface area contributed by atoms with Gasteiger partial charge in [-0.25, -0.2) is 15.0 Å². The number of aromatic nitrogens is 3. The highest BCUT2D eigenvalue weighted by Crippen LogP contribution is 2.41. The van der Waals surface area contributed by atoms with E-state index in [1.54, 1.807) is 0 Å². The Balaban J connectivity index is 1.02. The predicted molar refractivity (Wildman–Crippen MR) is 219 cm³/mol. The molecule has 0 N–H and O–H groups in total. The van der Waals surface area contributed by atoms with Crippen LogP contribution in [0.2, 0.25) is 0 Å². The van der Waals surface area contributed by atoms with Crippen LogP contribution >= 0.6 is 0 Å². The fraction of sp³-hybridized carbons (Fsp3) is 0. The zero-order chi connectivity index (χ0) is 34.9. The van der Waals surface area contributed by atoms with Crippen molar-refractivity contribution in [2.75, 3.05) is 0 Å². The van der Waals surface area contributed by atoms with E-state index in [0.717, 1.165) is 93.7 Å². The van der Waals surface area contributed by atoms with Crippen LogP contribution in [-0.2, 0) is 0 Å². The Kier molecular flexibility index (Phi) is 6.52. The second-order valence-electron chi connectivity index (χ2n) is 13.5. The molecule has 0 aliphatic carbocycles. The van der Waals surface area contributed by atoms with Crippen LogP contribution in [0, 0.1) is 0 Å². The lowest BCUT2D eigenvalue weighted by molar-refractivity contribution is 0.673. The molecule has 4 nitrogen and oxygen atoms in total. The molecular weight excluding hydrogens is 647 g/mol. The first-order chi connectivity index (χ1) is 26.3. The molecule has 0 saturated carbocycles. The van der Waals surface area contributed by atoms with Gasteiger partial charge in [-0.15, -0.1) is 0 Å². The van der Waals surface area contributed by atoms with Crippen LogP contribution in [0.1, 0.15) is 0 Å². The van der Waals surface area contributed by atoms with Crippen LogP contribution in [0.15, 0.2) is 180 Å². The minimum Gasteiger partial charge on any atom is -0.455 e. The van der Waals surface area contributed by atoms with Crippen molar-refractivity contribution >= 4 is 65.3 Å². The third-order valence-corrected chi connectivity index (χ3v) is 10.5. The molecule has 3 heterocycles. The van der Waals surface area contributed by atoms with Crippen molar-refractivity contribution in [3.05, 3.63) is 176 Å². The molecule has 0 fully saturated rings. The maximum atomic E-state index is 6.54. The van der Waals surface area contributed by atoms with E-state index < -0.39 is 0 Å². The van der Waals surface area contributed by atoms with E-state index in [0.29, 0.717) is 5.82 Å². The summed E-state index contributed by atoms with van der Waals surface area (Å²) in [6.07, 6.45) is 0. The van der Waals surface area contributed by atoms with Gasteiger partial charge < -0.3 is 4.42 Å². The number of nitrogens with zero attached hydrogens (tertiary/aromatic N) is 3. The number of furan rings is 1. The van der Waals surface area contributed by atoms with Crippen LogP contribution < -0.4 is 0 Å². The number of rotatable bonds is 4. The Morgan fingerprint density at radius 1 is 0.358 bits per heavy atom. The van der Waals surface area contributed by atoms with Crippen molar-refractivity contribution < 1.29 is 4.42 Å². The van der Waals surface area contributed by atoms with E-state index in [2.05, 4.69) is 152 Å². The molecule has 11 rings (SSSR count). The zero-order valence-electron chi connectivity index (χ0n) is 28.5. The smallest absolute Gasteiger partial charge is 0.160 e. The van der Waals surface area contributed by atoms with E-state index in [4.69, 9.17) is 19.4 Å². The first-order valence-corrected chi connectivity index (χ1v) is 17.9. The Bertz CT molecular complexity index is 3230. The summed E-state index contributed by atoms with van der Waals surface area (Å²) in [5.74, 6) is 0.704. The SMILES string of the molecule is c1cc(-c2ccc(-c3nc(-c4cccc5ccccc45)c4ccccc4n3)cc2)cc(-c2nc3ccccc3c3c2ccc2c4ccccc4oc23)c1. The number of fused-ring (bicyclic) bond motifs is 9. The van der Waals surface area contributed by atoms with Gasteiger partial charge in [-0.2, -0.15) is 0 Å². The van der Waals surface area contributed by atoms with Gasteiger partial charge >= 0.3 is 0 Å². The molecule has 0 amide bonds. The molecule has 4 heteroatoms. The lowest BCUT2D eigenvalue weighted by Gasteiger charge is -2.13. The molecule has 11 aromatic rings. The summed E-state index contributed by atoms with van der Waals surface area (Å²) in [6.45, 7) is 0. The molecule has 0 unspecified atom stereocenters.